The molecule has 0 amide bonds. The Morgan fingerprint density at radius 3 is 2.31 bits per heavy atom. The zero-order chi connectivity index (χ0) is 24.8. The molecule has 1 saturated heterocycles. The molecule has 1 fully saturated rings. The minimum absolute atomic E-state index is 0.217. The topological polar surface area (TPSA) is 85.6 Å². The Balaban J connectivity index is 1.33. The summed E-state index contributed by atoms with van der Waals surface area (Å²) in [6.45, 7) is 5.82. The fraction of sp³-hybridized carbons (Fsp3) is 0.414. The first-order valence-electron chi connectivity index (χ1n) is 12.3. The molecular formula is C29H31NO5. The van der Waals surface area contributed by atoms with Gasteiger partial charge in [-0.1, -0.05) is 32.1 Å². The minimum atomic E-state index is -0.346. The summed E-state index contributed by atoms with van der Waals surface area (Å²) < 4.78 is 17.3. The van der Waals surface area contributed by atoms with Gasteiger partial charge in [0, 0.05) is 36.0 Å². The van der Waals surface area contributed by atoms with Crippen LogP contribution >= 0.6 is 0 Å². The van der Waals surface area contributed by atoms with Crippen molar-refractivity contribution in [3.63, 3.8) is 0 Å². The van der Waals surface area contributed by atoms with Crippen LogP contribution in [0.15, 0.2) is 82.4 Å². The summed E-state index contributed by atoms with van der Waals surface area (Å²) in [6.07, 6.45) is 17.3. The molecule has 2 atom stereocenters. The normalized spacial score (nSPS) is 22.9. The minimum Gasteiger partial charge on any atom is -0.491 e. The van der Waals surface area contributed by atoms with Gasteiger partial charge in [0.25, 0.3) is 0 Å². The van der Waals surface area contributed by atoms with E-state index in [0.717, 1.165) is 43.4 Å². The van der Waals surface area contributed by atoms with Gasteiger partial charge in [-0.3, -0.25) is 0 Å². The first-order chi connectivity index (χ1) is 17.0. The first-order valence-corrected chi connectivity index (χ1v) is 12.3. The number of carbonyl (C=O) groups is 2. The molecule has 6 nitrogen and oxygen atoms in total. The van der Waals surface area contributed by atoms with Crippen molar-refractivity contribution in [1.82, 2.24) is 0 Å². The van der Waals surface area contributed by atoms with Crippen molar-refractivity contribution in [2.24, 2.45) is 0 Å². The van der Waals surface area contributed by atoms with E-state index in [2.05, 4.69) is 19.6 Å². The lowest BCUT2D eigenvalue weighted by atomic mass is 9.89. The third-order valence-electron chi connectivity index (χ3n) is 6.70. The lowest BCUT2D eigenvalue weighted by Crippen LogP contribution is -2.29. The number of hydrogen-bond acceptors (Lipinski definition) is 6. The van der Waals surface area contributed by atoms with E-state index in [0.29, 0.717) is 42.6 Å². The van der Waals surface area contributed by atoms with Crippen molar-refractivity contribution in [2.45, 2.75) is 76.9 Å². The Morgan fingerprint density at radius 2 is 1.77 bits per heavy atom. The number of cyclic esters (lactones) is 1. The van der Waals surface area contributed by atoms with Crippen LogP contribution in [0, 0.1) is 11.3 Å². The van der Waals surface area contributed by atoms with Gasteiger partial charge in [-0.2, -0.15) is 5.26 Å². The number of nitriles is 1. The van der Waals surface area contributed by atoms with Crippen LogP contribution in [-0.4, -0.2) is 24.1 Å². The molecule has 35 heavy (non-hydrogen) atoms. The van der Waals surface area contributed by atoms with Gasteiger partial charge in [-0.25, -0.2) is 9.59 Å². The van der Waals surface area contributed by atoms with Crippen molar-refractivity contribution >= 4 is 11.9 Å². The molecule has 3 aliphatic carbocycles. The molecule has 2 unspecified atom stereocenters. The number of ether oxygens (including phenoxy) is 3. The molecule has 0 aromatic carbocycles. The van der Waals surface area contributed by atoms with Gasteiger partial charge < -0.3 is 14.2 Å². The van der Waals surface area contributed by atoms with Crippen molar-refractivity contribution in [1.29, 1.82) is 5.26 Å². The highest BCUT2D eigenvalue weighted by Gasteiger charge is 2.35. The van der Waals surface area contributed by atoms with Crippen LogP contribution in [-0.2, 0) is 23.8 Å². The van der Waals surface area contributed by atoms with Gasteiger partial charge in [0.15, 0.2) is 0 Å². The molecule has 4 aliphatic rings. The first kappa shape index (κ1) is 24.5. The summed E-state index contributed by atoms with van der Waals surface area (Å²) in [5.74, 6) is 0.781. The predicted molar refractivity (Wildman–Crippen MR) is 131 cm³/mol. The lowest BCUT2D eigenvalue weighted by Gasteiger charge is -2.26. The Kier molecular flexibility index (Phi) is 7.87. The molecule has 0 aromatic rings. The number of nitrogens with zero attached hydrogens (tertiary/aromatic N) is 1. The fourth-order valence-corrected chi connectivity index (χ4v) is 4.64. The average Bonchev–Trinajstić information content (AvgIpc) is 3.22. The third kappa shape index (κ3) is 6.10. The molecule has 182 valence electrons. The molecule has 1 aliphatic heterocycles. The number of esters is 2. The second-order valence-corrected chi connectivity index (χ2v) is 9.23. The molecule has 6 heteroatoms. The van der Waals surface area contributed by atoms with Crippen molar-refractivity contribution in [3.8, 4) is 6.07 Å². The molecule has 1 heterocycles. The largest absolute Gasteiger partial charge is 0.491 e. The van der Waals surface area contributed by atoms with Gasteiger partial charge in [-0.05, 0) is 67.6 Å². The number of allylic oxidation sites excluding steroid dienone is 11. The Hall–Kier alpha value is -3.59. The molecule has 4 rings (SSSR count). The fourth-order valence-electron chi connectivity index (χ4n) is 4.64. The second kappa shape index (κ2) is 11.2. The van der Waals surface area contributed by atoms with Crippen LogP contribution in [0.1, 0.15) is 64.7 Å². The van der Waals surface area contributed by atoms with Crippen LogP contribution in [0.5, 0.6) is 0 Å². The predicted octanol–water partition coefficient (Wildman–Crippen LogP) is 5.96. The number of rotatable bonds is 8. The zero-order valence-corrected chi connectivity index (χ0v) is 20.2. The van der Waals surface area contributed by atoms with Gasteiger partial charge >= 0.3 is 11.9 Å². The molecule has 0 aromatic heterocycles. The van der Waals surface area contributed by atoms with Gasteiger partial charge in [-0.15, -0.1) is 0 Å². The summed E-state index contributed by atoms with van der Waals surface area (Å²) in [7, 11) is 0. The summed E-state index contributed by atoms with van der Waals surface area (Å²) in [6, 6.07) is 2.21. The maximum atomic E-state index is 12.7. The molecule has 0 spiro atoms. The summed E-state index contributed by atoms with van der Waals surface area (Å²) in [5, 5.41) is 9.00. The van der Waals surface area contributed by atoms with Crippen LogP contribution < -0.4 is 0 Å². The van der Waals surface area contributed by atoms with E-state index in [-0.39, 0.29) is 24.1 Å². The van der Waals surface area contributed by atoms with Crippen LogP contribution in [0.4, 0.5) is 0 Å². The molecule has 0 bridgehead atoms. The van der Waals surface area contributed by atoms with E-state index in [4.69, 9.17) is 19.5 Å². The highest BCUT2D eigenvalue weighted by atomic mass is 16.6. The Labute approximate surface area is 206 Å². The summed E-state index contributed by atoms with van der Waals surface area (Å²) in [4.78, 5) is 24.4. The van der Waals surface area contributed by atoms with Gasteiger partial charge in [0.2, 0.25) is 0 Å². The van der Waals surface area contributed by atoms with E-state index >= 15 is 0 Å². The third-order valence-corrected chi connectivity index (χ3v) is 6.70. The molecule has 0 radical (unpaired) electrons. The smallest absolute Gasteiger partial charge is 0.339 e. The maximum Gasteiger partial charge on any atom is 0.339 e. The maximum absolute atomic E-state index is 12.7. The van der Waals surface area contributed by atoms with Crippen molar-refractivity contribution < 1.29 is 23.8 Å². The number of hydrogen-bond donors (Lipinski definition) is 0. The SMILES string of the molecule is C=C1CC(C(CCC)OC2=CC=C(C(=O)OC3=CC=C(C4=CC=C(C#N)CC4)CC3)CC2)OC1=O. The second-order valence-electron chi connectivity index (χ2n) is 9.23. The highest BCUT2D eigenvalue weighted by Crippen LogP contribution is 2.32. The quantitative estimate of drug-likeness (QED) is 0.319. The molecule has 0 N–H and O–H groups in total. The van der Waals surface area contributed by atoms with Gasteiger partial charge in [0.05, 0.1) is 11.8 Å². The zero-order valence-electron chi connectivity index (χ0n) is 20.2. The Morgan fingerprint density at radius 1 is 1.06 bits per heavy atom. The average molecular weight is 474 g/mol. The Bertz CT molecular complexity index is 1120. The summed E-state index contributed by atoms with van der Waals surface area (Å²) in [5.41, 5.74) is 4.40. The van der Waals surface area contributed by atoms with E-state index in [1.54, 1.807) is 6.08 Å². The summed E-state index contributed by atoms with van der Waals surface area (Å²) >= 11 is 0. The van der Waals surface area contributed by atoms with Crippen molar-refractivity contribution in [3.05, 3.63) is 82.4 Å². The van der Waals surface area contributed by atoms with Crippen molar-refractivity contribution in [2.75, 3.05) is 0 Å². The number of carbonyl (C=O) groups excluding carboxylic acids is 2. The van der Waals surface area contributed by atoms with E-state index < -0.39 is 0 Å². The van der Waals surface area contributed by atoms with Crippen LogP contribution in [0.3, 0.4) is 0 Å². The molecule has 0 saturated carbocycles. The lowest BCUT2D eigenvalue weighted by molar-refractivity contribution is -0.144. The monoisotopic (exact) mass is 473 g/mol. The standard InChI is InChI=1S/C29H31NO5/c1-3-4-26(27-17-19(2)28(31)35-27)33-24-15-11-23(12-16-24)29(32)34-25-13-9-22(10-14-25)21-7-5-20(18-30)6-8-21/h5,7,9,11,13,15,26-27H,2-4,6,8,10,12,14,16-17H2,1H3. The van der Waals surface area contributed by atoms with E-state index in [1.165, 1.54) is 11.1 Å². The van der Waals surface area contributed by atoms with Crippen LogP contribution in [0.25, 0.3) is 0 Å². The molecular weight excluding hydrogens is 442 g/mol. The van der Waals surface area contributed by atoms with E-state index in [9.17, 15) is 9.59 Å². The van der Waals surface area contributed by atoms with Gasteiger partial charge in [0.1, 0.15) is 18.0 Å². The van der Waals surface area contributed by atoms with E-state index in [1.807, 2.05) is 30.4 Å². The van der Waals surface area contributed by atoms with Crippen LogP contribution in [0.2, 0.25) is 0 Å². The highest BCUT2D eigenvalue weighted by molar-refractivity contribution is 5.90.